The Hall–Kier alpha value is -3.05. The minimum Gasteiger partial charge on any atom is -0.350 e. The maximum Gasteiger partial charge on any atom is 0.471 e. The highest BCUT2D eigenvalue weighted by Crippen LogP contribution is 2.65. The molecule has 2 aliphatic heterocycles. The minimum absolute atomic E-state index is 0.00454. The first-order valence-electron chi connectivity index (χ1n) is 13.6. The van der Waals surface area contributed by atoms with E-state index in [1.54, 1.807) is 13.8 Å². The van der Waals surface area contributed by atoms with Gasteiger partial charge in [0, 0.05) is 18.0 Å². The van der Waals surface area contributed by atoms with Gasteiger partial charge in [0.2, 0.25) is 17.7 Å². The minimum atomic E-state index is -5.54. The average molecular weight is 592 g/mol. The van der Waals surface area contributed by atoms with Crippen LogP contribution >= 0.6 is 0 Å². The maximum absolute atomic E-state index is 14.2. The van der Waals surface area contributed by atoms with Crippen LogP contribution in [0.1, 0.15) is 58.8 Å². The lowest BCUT2D eigenvalue weighted by molar-refractivity contribution is -0.262. The molecule has 4 amide bonds. The van der Waals surface area contributed by atoms with E-state index in [2.05, 4.69) is 10.6 Å². The molecule has 6 atom stereocenters. The SMILES string of the molecule is CC1(C)C2CN(C(=O)C(NC(=O)C(F)(F)F)C3(C(F)(F)F)CCC3)C(C(=O)N[C@H](C#N)C[C@@H]3CC4(CC4)NC3=O)C21. The number of nitrogens with one attached hydrogen (secondary N) is 3. The molecule has 5 aliphatic rings. The van der Waals surface area contributed by atoms with E-state index >= 15 is 0 Å². The molecule has 5 rings (SSSR count). The Bertz CT molecular complexity index is 1200. The summed E-state index contributed by atoms with van der Waals surface area (Å²) in [4.78, 5) is 52.2. The zero-order valence-corrected chi connectivity index (χ0v) is 22.4. The van der Waals surface area contributed by atoms with Crippen molar-refractivity contribution in [1.82, 2.24) is 20.9 Å². The van der Waals surface area contributed by atoms with Crippen LogP contribution in [0.4, 0.5) is 26.3 Å². The molecule has 4 unspecified atom stereocenters. The lowest BCUT2D eigenvalue weighted by Gasteiger charge is -2.49. The van der Waals surface area contributed by atoms with E-state index in [9.17, 15) is 50.8 Å². The number of fused-ring (bicyclic) bond motifs is 1. The standard InChI is InChI=1S/C26H31F6N5O4/c1-22(2)14-11-37(20(40)17(35-21(41)25(27,28)29)24(4-3-5-24)26(30,31)32)16(15(14)22)19(39)34-13(10-33)8-12-9-23(6-7-23)36-18(12)38/h12-17H,3-9,11H2,1-2H3,(H,34,39)(H,35,41)(H,36,38)/t12-,13+,14?,15?,16?,17?/m1/s1. The Balaban J connectivity index is 1.38. The van der Waals surface area contributed by atoms with Crippen LogP contribution in [0, 0.1) is 39.9 Å². The highest BCUT2D eigenvalue weighted by Gasteiger charge is 2.72. The Morgan fingerprint density at radius 2 is 1.73 bits per heavy atom. The molecule has 0 bridgehead atoms. The van der Waals surface area contributed by atoms with Gasteiger partial charge in [0.05, 0.1) is 11.5 Å². The van der Waals surface area contributed by atoms with Crippen molar-refractivity contribution in [2.24, 2.45) is 28.6 Å². The van der Waals surface area contributed by atoms with E-state index in [0.29, 0.717) is 6.42 Å². The lowest BCUT2D eigenvalue weighted by Crippen LogP contribution is -2.67. The molecule has 2 heterocycles. The number of amides is 4. The average Bonchev–Trinajstić information content (AvgIpc) is 3.54. The molecule has 15 heteroatoms. The third-order valence-corrected chi connectivity index (χ3v) is 10.1. The lowest BCUT2D eigenvalue weighted by atomic mass is 9.62. The Morgan fingerprint density at radius 1 is 1.10 bits per heavy atom. The van der Waals surface area contributed by atoms with Crippen molar-refractivity contribution in [2.45, 2.75) is 94.8 Å². The summed E-state index contributed by atoms with van der Waals surface area (Å²) in [7, 11) is 0. The van der Waals surface area contributed by atoms with Crippen molar-refractivity contribution in [2.75, 3.05) is 6.54 Å². The predicted octanol–water partition coefficient (Wildman–Crippen LogP) is 2.32. The van der Waals surface area contributed by atoms with E-state index in [1.165, 1.54) is 5.32 Å². The van der Waals surface area contributed by atoms with Crippen LogP contribution in [0.25, 0.3) is 0 Å². The number of likely N-dealkylation sites (tertiary alicyclic amines) is 1. The summed E-state index contributed by atoms with van der Waals surface area (Å²) in [5.74, 6) is -6.52. The normalized spacial score (nSPS) is 31.7. The Labute approximate surface area is 231 Å². The monoisotopic (exact) mass is 591 g/mol. The number of alkyl halides is 6. The number of halogens is 6. The van der Waals surface area contributed by atoms with Crippen molar-refractivity contribution < 1.29 is 45.5 Å². The number of hydrogen-bond acceptors (Lipinski definition) is 5. The molecular weight excluding hydrogens is 560 g/mol. The second kappa shape index (κ2) is 9.22. The fraction of sp³-hybridized carbons (Fsp3) is 0.808. The summed E-state index contributed by atoms with van der Waals surface area (Å²) in [5.41, 5.74) is -3.66. The first-order valence-corrected chi connectivity index (χ1v) is 13.6. The van der Waals surface area contributed by atoms with Crippen LogP contribution < -0.4 is 16.0 Å². The molecule has 0 aromatic rings. The fourth-order valence-corrected chi connectivity index (χ4v) is 7.26. The summed E-state index contributed by atoms with van der Waals surface area (Å²) >= 11 is 0. The molecule has 5 fully saturated rings. The molecule has 0 aromatic carbocycles. The summed E-state index contributed by atoms with van der Waals surface area (Å²) in [6.45, 7) is 3.41. The first kappa shape index (κ1) is 29.4. The van der Waals surface area contributed by atoms with E-state index in [4.69, 9.17) is 0 Å². The Morgan fingerprint density at radius 3 is 2.20 bits per heavy atom. The largest absolute Gasteiger partial charge is 0.471 e. The number of piperidine rings is 1. The van der Waals surface area contributed by atoms with Gasteiger partial charge in [-0.3, -0.25) is 19.2 Å². The number of rotatable bonds is 7. The molecule has 0 radical (unpaired) electrons. The van der Waals surface area contributed by atoms with Crippen molar-refractivity contribution in [3.8, 4) is 6.07 Å². The van der Waals surface area contributed by atoms with Gasteiger partial charge in [-0.25, -0.2) is 0 Å². The molecule has 3 aliphatic carbocycles. The summed E-state index contributed by atoms with van der Waals surface area (Å²) in [6, 6.07) is -3.15. The van der Waals surface area contributed by atoms with Crippen LogP contribution in [0.3, 0.4) is 0 Å². The molecule has 226 valence electrons. The second-order valence-electron chi connectivity index (χ2n) is 12.9. The van der Waals surface area contributed by atoms with E-state index < -0.39 is 83.7 Å². The zero-order valence-electron chi connectivity index (χ0n) is 22.4. The van der Waals surface area contributed by atoms with Gasteiger partial charge >= 0.3 is 18.3 Å². The highest BCUT2D eigenvalue weighted by molar-refractivity contribution is 5.95. The zero-order chi connectivity index (χ0) is 30.3. The van der Waals surface area contributed by atoms with Gasteiger partial charge in [-0.05, 0) is 55.8 Å². The predicted molar refractivity (Wildman–Crippen MR) is 127 cm³/mol. The third kappa shape index (κ3) is 4.80. The number of nitriles is 1. The van der Waals surface area contributed by atoms with Crippen LogP contribution in [-0.4, -0.2) is 71.1 Å². The third-order valence-electron chi connectivity index (χ3n) is 10.1. The fourth-order valence-electron chi connectivity index (χ4n) is 7.26. The van der Waals surface area contributed by atoms with E-state index in [0.717, 1.165) is 17.7 Å². The maximum atomic E-state index is 14.2. The van der Waals surface area contributed by atoms with E-state index in [-0.39, 0.29) is 36.8 Å². The van der Waals surface area contributed by atoms with Gasteiger partial charge in [0.25, 0.3) is 0 Å². The van der Waals surface area contributed by atoms with Gasteiger partial charge in [0.1, 0.15) is 18.1 Å². The number of carbonyl (C=O) groups is 4. The van der Waals surface area contributed by atoms with Crippen LogP contribution in [0.5, 0.6) is 0 Å². The molecule has 41 heavy (non-hydrogen) atoms. The number of nitrogens with zero attached hydrogens (tertiary/aromatic N) is 2. The smallest absolute Gasteiger partial charge is 0.350 e. The number of carbonyl (C=O) groups excluding carboxylic acids is 4. The van der Waals surface area contributed by atoms with Crippen molar-refractivity contribution in [1.29, 1.82) is 5.26 Å². The van der Waals surface area contributed by atoms with Gasteiger partial charge < -0.3 is 20.9 Å². The first-order chi connectivity index (χ1) is 18.9. The van der Waals surface area contributed by atoms with E-state index in [1.807, 2.05) is 6.07 Å². The molecule has 3 saturated carbocycles. The van der Waals surface area contributed by atoms with Crippen LogP contribution in [-0.2, 0) is 19.2 Å². The highest BCUT2D eigenvalue weighted by atomic mass is 19.4. The molecule has 0 aromatic heterocycles. The molecule has 2 saturated heterocycles. The summed E-state index contributed by atoms with van der Waals surface area (Å²) in [5, 5.41) is 16.4. The van der Waals surface area contributed by atoms with Crippen molar-refractivity contribution in [3.63, 3.8) is 0 Å². The molecule has 3 N–H and O–H groups in total. The number of hydrogen-bond donors (Lipinski definition) is 3. The van der Waals surface area contributed by atoms with Crippen LogP contribution in [0.2, 0.25) is 0 Å². The van der Waals surface area contributed by atoms with Crippen molar-refractivity contribution >= 4 is 23.6 Å². The molecule has 1 spiro atoms. The summed E-state index contributed by atoms with van der Waals surface area (Å²) < 4.78 is 82.0. The molecule has 9 nitrogen and oxygen atoms in total. The van der Waals surface area contributed by atoms with Gasteiger partial charge in [0.15, 0.2) is 0 Å². The Kier molecular flexibility index (Phi) is 6.62. The van der Waals surface area contributed by atoms with Crippen LogP contribution in [0.15, 0.2) is 0 Å². The van der Waals surface area contributed by atoms with Gasteiger partial charge in [-0.1, -0.05) is 20.3 Å². The topological polar surface area (TPSA) is 131 Å². The van der Waals surface area contributed by atoms with Gasteiger partial charge in [-0.15, -0.1) is 0 Å². The summed E-state index contributed by atoms with van der Waals surface area (Å²) in [6.07, 6.45) is -9.81. The molecular formula is C26H31F6N5O4. The van der Waals surface area contributed by atoms with Gasteiger partial charge in [-0.2, -0.15) is 31.6 Å². The second-order valence-corrected chi connectivity index (χ2v) is 12.9. The van der Waals surface area contributed by atoms with Crippen molar-refractivity contribution in [3.05, 3.63) is 0 Å². The quantitative estimate of drug-likeness (QED) is 0.391.